The quantitative estimate of drug-likeness (QED) is 0.479. The molecular formula is C9H12ClN5O3. The molecule has 9 heteroatoms. The van der Waals surface area contributed by atoms with E-state index in [2.05, 4.69) is 15.3 Å². The highest BCUT2D eigenvalue weighted by atomic mass is 35.5. The van der Waals surface area contributed by atoms with Gasteiger partial charge >= 0.3 is 5.69 Å². The summed E-state index contributed by atoms with van der Waals surface area (Å²) < 4.78 is 0. The molecule has 98 valence electrons. The number of rotatable bonds is 5. The maximum absolute atomic E-state index is 11.4. The third-order valence-corrected chi connectivity index (χ3v) is 2.22. The minimum absolute atomic E-state index is 0.00579. The van der Waals surface area contributed by atoms with Crippen molar-refractivity contribution in [3.8, 4) is 0 Å². The number of halogens is 1. The zero-order valence-electron chi connectivity index (χ0n) is 9.88. The Hall–Kier alpha value is -1.96. The van der Waals surface area contributed by atoms with E-state index in [0.29, 0.717) is 6.54 Å². The summed E-state index contributed by atoms with van der Waals surface area (Å²) in [6.45, 7) is 2.21. The van der Waals surface area contributed by atoms with Crippen LogP contribution in [0.2, 0.25) is 5.28 Å². The number of nitro groups is 1. The van der Waals surface area contributed by atoms with E-state index in [9.17, 15) is 14.9 Å². The van der Waals surface area contributed by atoms with Crippen molar-refractivity contribution >= 4 is 29.0 Å². The molecule has 0 aliphatic rings. The maximum atomic E-state index is 11.4. The molecule has 0 aliphatic carbocycles. The molecule has 1 aromatic rings. The number of nitrogens with one attached hydrogen (secondary N) is 1. The van der Waals surface area contributed by atoms with Crippen molar-refractivity contribution in [1.29, 1.82) is 0 Å². The predicted molar refractivity (Wildman–Crippen MR) is 65.7 cm³/mol. The van der Waals surface area contributed by atoms with Crippen LogP contribution in [0.5, 0.6) is 0 Å². The number of anilines is 1. The third-order valence-electron chi connectivity index (χ3n) is 2.03. The van der Waals surface area contributed by atoms with Gasteiger partial charge in [0.05, 0.1) is 11.5 Å². The van der Waals surface area contributed by atoms with Gasteiger partial charge in [0.25, 0.3) is 0 Å². The molecule has 1 amide bonds. The van der Waals surface area contributed by atoms with E-state index in [-0.39, 0.29) is 29.2 Å². The smallest absolute Gasteiger partial charge is 0.329 e. The zero-order valence-corrected chi connectivity index (χ0v) is 10.6. The molecule has 1 rings (SSSR count). The van der Waals surface area contributed by atoms with Crippen LogP contribution in [0.3, 0.4) is 0 Å². The Bertz CT molecular complexity index is 468. The van der Waals surface area contributed by atoms with Gasteiger partial charge in [-0.15, -0.1) is 0 Å². The fraction of sp³-hybridized carbons (Fsp3) is 0.444. The number of carbonyl (C=O) groups excluding carboxylic acids is 1. The highest BCUT2D eigenvalue weighted by Crippen LogP contribution is 2.24. The van der Waals surface area contributed by atoms with Crippen LogP contribution in [0, 0.1) is 10.1 Å². The van der Waals surface area contributed by atoms with E-state index in [1.807, 2.05) is 0 Å². The van der Waals surface area contributed by atoms with E-state index >= 15 is 0 Å². The molecule has 0 atom stereocenters. The van der Waals surface area contributed by atoms with Crippen LogP contribution in [0.4, 0.5) is 11.5 Å². The molecule has 0 saturated carbocycles. The van der Waals surface area contributed by atoms with E-state index in [1.165, 1.54) is 11.9 Å². The molecule has 0 saturated heterocycles. The summed E-state index contributed by atoms with van der Waals surface area (Å²) in [5, 5.41) is 13.3. The second kappa shape index (κ2) is 6.10. The van der Waals surface area contributed by atoms with Gasteiger partial charge in [0.15, 0.2) is 0 Å². The minimum atomic E-state index is -0.625. The molecular weight excluding hydrogens is 262 g/mol. The number of aromatic nitrogens is 2. The Balaban J connectivity index is 2.96. The molecule has 1 aromatic heterocycles. The lowest BCUT2D eigenvalue weighted by Crippen LogP contribution is -2.35. The number of amides is 1. The second-order valence-corrected chi connectivity index (χ2v) is 3.75. The fourth-order valence-electron chi connectivity index (χ4n) is 1.30. The topological polar surface area (TPSA) is 101 Å². The number of hydrogen-bond acceptors (Lipinski definition) is 6. The molecule has 0 aromatic carbocycles. The minimum Gasteiger partial charge on any atom is -0.355 e. The second-order valence-electron chi connectivity index (χ2n) is 3.41. The summed E-state index contributed by atoms with van der Waals surface area (Å²) in [5.41, 5.74) is -0.300. The van der Waals surface area contributed by atoms with Gasteiger partial charge in [-0.1, -0.05) is 0 Å². The molecule has 0 radical (unpaired) electrons. The van der Waals surface area contributed by atoms with Crippen LogP contribution in [0.1, 0.15) is 6.92 Å². The first-order chi connectivity index (χ1) is 8.45. The van der Waals surface area contributed by atoms with Gasteiger partial charge < -0.3 is 10.2 Å². The van der Waals surface area contributed by atoms with Gasteiger partial charge in [-0.2, -0.15) is 4.98 Å². The average molecular weight is 274 g/mol. The molecule has 0 unspecified atom stereocenters. The van der Waals surface area contributed by atoms with E-state index in [1.54, 1.807) is 6.92 Å². The monoisotopic (exact) mass is 273 g/mol. The predicted octanol–water partition coefficient (Wildman–Crippen LogP) is 0.611. The highest BCUT2D eigenvalue weighted by molar-refractivity contribution is 6.28. The molecule has 1 heterocycles. The lowest BCUT2D eigenvalue weighted by Gasteiger charge is -2.16. The van der Waals surface area contributed by atoms with Gasteiger partial charge in [-0.05, 0) is 18.5 Å². The summed E-state index contributed by atoms with van der Waals surface area (Å²) in [6.07, 6.45) is 1.01. The average Bonchev–Trinajstić information content (AvgIpc) is 2.28. The summed E-state index contributed by atoms with van der Waals surface area (Å²) in [6, 6.07) is 0. The lowest BCUT2D eigenvalue weighted by molar-refractivity contribution is -0.384. The molecule has 8 nitrogen and oxygen atoms in total. The van der Waals surface area contributed by atoms with Crippen LogP contribution in [0.25, 0.3) is 0 Å². The van der Waals surface area contributed by atoms with Crippen molar-refractivity contribution in [3.63, 3.8) is 0 Å². The molecule has 0 bridgehead atoms. The summed E-state index contributed by atoms with van der Waals surface area (Å²) >= 11 is 5.59. The van der Waals surface area contributed by atoms with E-state index < -0.39 is 4.92 Å². The number of nitrogens with zero attached hydrogens (tertiary/aromatic N) is 4. The number of carbonyl (C=O) groups is 1. The maximum Gasteiger partial charge on any atom is 0.329 e. The Morgan fingerprint density at radius 3 is 2.89 bits per heavy atom. The Morgan fingerprint density at radius 2 is 2.33 bits per heavy atom. The van der Waals surface area contributed by atoms with Gasteiger partial charge in [0, 0.05) is 13.6 Å². The first-order valence-corrected chi connectivity index (χ1v) is 5.48. The third kappa shape index (κ3) is 3.52. The fourth-order valence-corrected chi connectivity index (χ4v) is 1.43. The van der Waals surface area contributed by atoms with Crippen molar-refractivity contribution in [2.24, 2.45) is 0 Å². The van der Waals surface area contributed by atoms with Gasteiger partial charge in [-0.3, -0.25) is 14.9 Å². The van der Waals surface area contributed by atoms with E-state index in [0.717, 1.165) is 6.20 Å². The Morgan fingerprint density at radius 1 is 1.67 bits per heavy atom. The lowest BCUT2D eigenvalue weighted by atomic mass is 10.4. The molecule has 0 spiro atoms. The molecule has 1 N–H and O–H groups in total. The van der Waals surface area contributed by atoms with Crippen molar-refractivity contribution in [1.82, 2.24) is 15.3 Å². The van der Waals surface area contributed by atoms with Gasteiger partial charge in [0.1, 0.15) is 6.20 Å². The molecule has 0 aliphatic heterocycles. The Kier molecular flexibility index (Phi) is 4.78. The summed E-state index contributed by atoms with van der Waals surface area (Å²) in [7, 11) is 1.51. The van der Waals surface area contributed by atoms with Gasteiger partial charge in [-0.25, -0.2) is 4.98 Å². The largest absolute Gasteiger partial charge is 0.355 e. The van der Waals surface area contributed by atoms with Crippen molar-refractivity contribution in [2.75, 3.05) is 25.0 Å². The normalized spacial score (nSPS) is 9.94. The van der Waals surface area contributed by atoms with Gasteiger partial charge in [0.2, 0.25) is 17.0 Å². The summed E-state index contributed by atoms with van der Waals surface area (Å²) in [4.78, 5) is 30.2. The van der Waals surface area contributed by atoms with Crippen LogP contribution >= 0.6 is 11.6 Å². The SMILES string of the molecule is CCNC(=O)CN(C)c1nc(Cl)ncc1[N+](=O)[O-]. The van der Waals surface area contributed by atoms with Crippen LogP contribution in [0.15, 0.2) is 6.20 Å². The van der Waals surface area contributed by atoms with E-state index in [4.69, 9.17) is 11.6 Å². The molecule has 0 fully saturated rings. The number of likely N-dealkylation sites (N-methyl/N-ethyl adjacent to an activating group) is 2. The van der Waals surface area contributed by atoms with Crippen molar-refractivity contribution < 1.29 is 9.72 Å². The highest BCUT2D eigenvalue weighted by Gasteiger charge is 2.21. The van der Waals surface area contributed by atoms with Crippen molar-refractivity contribution in [3.05, 3.63) is 21.6 Å². The number of hydrogen-bond donors (Lipinski definition) is 1. The van der Waals surface area contributed by atoms with Crippen molar-refractivity contribution in [2.45, 2.75) is 6.92 Å². The van der Waals surface area contributed by atoms with Crippen LogP contribution < -0.4 is 10.2 Å². The molecule has 18 heavy (non-hydrogen) atoms. The van der Waals surface area contributed by atoms with Crippen LogP contribution in [-0.4, -0.2) is 40.9 Å². The summed E-state index contributed by atoms with van der Waals surface area (Å²) in [5.74, 6) is -0.254. The Labute approximate surface area is 108 Å². The first kappa shape index (κ1) is 14.1. The standard InChI is InChI=1S/C9H12ClN5O3/c1-3-11-7(16)5-14(2)8-6(15(17)18)4-12-9(10)13-8/h4H,3,5H2,1-2H3,(H,11,16). The zero-order chi connectivity index (χ0) is 13.7. The van der Waals surface area contributed by atoms with Crippen LogP contribution in [-0.2, 0) is 4.79 Å². The first-order valence-electron chi connectivity index (χ1n) is 5.10.